The van der Waals surface area contributed by atoms with Gasteiger partial charge in [-0.05, 0) is 24.0 Å². The van der Waals surface area contributed by atoms with Crippen molar-refractivity contribution in [3.8, 4) is 11.3 Å². The Labute approximate surface area is 175 Å². The zero-order valence-corrected chi connectivity index (χ0v) is 17.2. The molecule has 0 spiro atoms. The Bertz CT molecular complexity index is 1160. The van der Waals surface area contributed by atoms with E-state index in [9.17, 15) is 4.79 Å². The fourth-order valence-corrected chi connectivity index (χ4v) is 4.65. The number of thioether (sulfide) groups is 1. The second-order valence-corrected chi connectivity index (χ2v) is 8.71. The lowest BCUT2D eigenvalue weighted by Crippen LogP contribution is -2.13. The summed E-state index contributed by atoms with van der Waals surface area (Å²) in [5.41, 5.74) is 2.67. The third-order valence-corrected chi connectivity index (χ3v) is 6.19. The van der Waals surface area contributed by atoms with Crippen molar-refractivity contribution in [1.29, 1.82) is 0 Å². The van der Waals surface area contributed by atoms with E-state index in [2.05, 4.69) is 15.5 Å². The molecule has 0 aliphatic rings. The lowest BCUT2D eigenvalue weighted by Gasteiger charge is -2.10. The van der Waals surface area contributed by atoms with E-state index in [1.807, 2.05) is 55.5 Å². The summed E-state index contributed by atoms with van der Waals surface area (Å²) in [5.74, 6) is 0.648. The van der Waals surface area contributed by atoms with Crippen LogP contribution in [0.25, 0.3) is 22.2 Å². The number of anilines is 1. The van der Waals surface area contributed by atoms with Crippen molar-refractivity contribution < 1.29 is 4.79 Å². The second-order valence-electron chi connectivity index (χ2n) is 5.81. The predicted octanol–water partition coefficient (Wildman–Crippen LogP) is 5.77. The van der Waals surface area contributed by atoms with Crippen molar-refractivity contribution in [2.24, 2.45) is 0 Å². The summed E-state index contributed by atoms with van der Waals surface area (Å²) in [6.45, 7) is 2.05. The lowest BCUT2D eigenvalue weighted by atomic mass is 10.0. The number of benzene rings is 2. The Morgan fingerprint density at radius 2 is 1.93 bits per heavy atom. The van der Waals surface area contributed by atoms with Crippen LogP contribution >= 0.6 is 34.7 Å². The van der Waals surface area contributed by atoms with Gasteiger partial charge in [0, 0.05) is 16.0 Å². The van der Waals surface area contributed by atoms with Gasteiger partial charge in [-0.3, -0.25) is 10.1 Å². The predicted molar refractivity (Wildman–Crippen MR) is 116 cm³/mol. The normalized spacial score (nSPS) is 10.9. The minimum absolute atomic E-state index is 0.254. The number of carbonyl (C=O) groups is 1. The summed E-state index contributed by atoms with van der Waals surface area (Å²) in [7, 11) is 0. The van der Waals surface area contributed by atoms with Gasteiger partial charge >= 0.3 is 0 Å². The van der Waals surface area contributed by atoms with Gasteiger partial charge < -0.3 is 0 Å². The van der Waals surface area contributed by atoms with Crippen LogP contribution in [0.15, 0.2) is 58.9 Å². The summed E-state index contributed by atoms with van der Waals surface area (Å²) in [5, 5.41) is 12.8. The number of rotatable bonds is 5. The maximum absolute atomic E-state index is 13.0. The van der Waals surface area contributed by atoms with Crippen LogP contribution in [0.2, 0.25) is 5.02 Å². The van der Waals surface area contributed by atoms with E-state index in [1.165, 1.54) is 11.3 Å². The summed E-state index contributed by atoms with van der Waals surface area (Å²) in [4.78, 5) is 17.7. The van der Waals surface area contributed by atoms with E-state index < -0.39 is 0 Å². The fourth-order valence-electron chi connectivity index (χ4n) is 2.78. The summed E-state index contributed by atoms with van der Waals surface area (Å²) >= 11 is 9.30. The Kier molecular flexibility index (Phi) is 5.57. The molecular weight excluding hydrogens is 412 g/mol. The molecule has 2 heterocycles. The number of nitrogens with one attached hydrogen (secondary N) is 1. The van der Waals surface area contributed by atoms with Gasteiger partial charge in [0.15, 0.2) is 4.34 Å². The van der Waals surface area contributed by atoms with Crippen LogP contribution in [-0.4, -0.2) is 26.8 Å². The third kappa shape index (κ3) is 3.87. The van der Waals surface area contributed by atoms with Crippen LogP contribution in [-0.2, 0) is 0 Å². The van der Waals surface area contributed by atoms with E-state index in [0.717, 1.165) is 26.6 Å². The highest BCUT2D eigenvalue weighted by atomic mass is 35.5. The van der Waals surface area contributed by atoms with Crippen molar-refractivity contribution in [3.63, 3.8) is 0 Å². The molecule has 4 aromatic rings. The van der Waals surface area contributed by atoms with Crippen molar-refractivity contribution in [2.75, 3.05) is 11.1 Å². The van der Waals surface area contributed by atoms with Crippen LogP contribution in [0.1, 0.15) is 17.3 Å². The molecule has 8 heteroatoms. The second kappa shape index (κ2) is 8.26. The molecule has 4 rings (SSSR count). The Morgan fingerprint density at radius 3 is 2.75 bits per heavy atom. The number of para-hydroxylation sites is 1. The molecule has 0 atom stereocenters. The van der Waals surface area contributed by atoms with E-state index in [-0.39, 0.29) is 5.91 Å². The quantitative estimate of drug-likeness (QED) is 0.324. The van der Waals surface area contributed by atoms with Crippen LogP contribution < -0.4 is 5.32 Å². The molecule has 0 saturated heterocycles. The zero-order valence-electron chi connectivity index (χ0n) is 14.8. The number of amides is 1. The van der Waals surface area contributed by atoms with Gasteiger partial charge in [-0.25, -0.2) is 4.98 Å². The van der Waals surface area contributed by atoms with Crippen molar-refractivity contribution >= 4 is 56.6 Å². The van der Waals surface area contributed by atoms with Crippen LogP contribution in [0.3, 0.4) is 0 Å². The minimum Gasteiger partial charge on any atom is -0.296 e. The molecule has 2 aromatic heterocycles. The SMILES string of the molecule is CCSc1nnc(NC(=O)c2cc(-c3ccccc3Cl)nc3ccccc23)s1. The van der Waals surface area contributed by atoms with Gasteiger partial charge in [-0.1, -0.05) is 78.0 Å². The molecule has 1 N–H and O–H groups in total. The topological polar surface area (TPSA) is 67.8 Å². The number of aromatic nitrogens is 3. The molecule has 140 valence electrons. The third-order valence-electron chi connectivity index (χ3n) is 4.01. The highest BCUT2D eigenvalue weighted by Gasteiger charge is 2.17. The molecule has 0 saturated carbocycles. The number of hydrogen-bond acceptors (Lipinski definition) is 6. The maximum atomic E-state index is 13.0. The molecule has 0 bridgehead atoms. The van der Waals surface area contributed by atoms with Gasteiger partial charge in [-0.15, -0.1) is 10.2 Å². The number of pyridine rings is 1. The highest BCUT2D eigenvalue weighted by molar-refractivity contribution is 8.01. The molecule has 1 amide bonds. The first-order valence-electron chi connectivity index (χ1n) is 8.58. The van der Waals surface area contributed by atoms with Gasteiger partial charge in [0.2, 0.25) is 5.13 Å². The first kappa shape index (κ1) is 18.9. The number of carbonyl (C=O) groups excluding carboxylic acids is 1. The average Bonchev–Trinajstić information content (AvgIpc) is 3.14. The molecule has 0 radical (unpaired) electrons. The molecule has 28 heavy (non-hydrogen) atoms. The van der Waals surface area contributed by atoms with Crippen LogP contribution in [0.4, 0.5) is 5.13 Å². The number of nitrogens with zero attached hydrogens (tertiary/aromatic N) is 3. The molecule has 0 aliphatic carbocycles. The molecule has 0 fully saturated rings. The molecule has 2 aromatic carbocycles. The summed E-state index contributed by atoms with van der Waals surface area (Å²) < 4.78 is 0.828. The Morgan fingerprint density at radius 1 is 1.14 bits per heavy atom. The zero-order chi connectivity index (χ0) is 19.5. The smallest absolute Gasteiger partial charge is 0.258 e. The van der Waals surface area contributed by atoms with Gasteiger partial charge in [-0.2, -0.15) is 0 Å². The van der Waals surface area contributed by atoms with Gasteiger partial charge in [0.25, 0.3) is 5.91 Å². The summed E-state index contributed by atoms with van der Waals surface area (Å²) in [6, 6.07) is 16.8. The number of hydrogen-bond donors (Lipinski definition) is 1. The molecule has 5 nitrogen and oxygen atoms in total. The van der Waals surface area contributed by atoms with Gasteiger partial charge in [0.1, 0.15) is 0 Å². The first-order valence-corrected chi connectivity index (χ1v) is 10.8. The average molecular weight is 427 g/mol. The fraction of sp³-hybridized carbons (Fsp3) is 0.100. The number of halogens is 1. The maximum Gasteiger partial charge on any atom is 0.258 e. The Hall–Kier alpha value is -2.48. The summed E-state index contributed by atoms with van der Waals surface area (Å²) in [6.07, 6.45) is 0. The largest absolute Gasteiger partial charge is 0.296 e. The lowest BCUT2D eigenvalue weighted by molar-refractivity contribution is 0.102. The van der Waals surface area contributed by atoms with E-state index in [4.69, 9.17) is 16.6 Å². The molecule has 0 unspecified atom stereocenters. The van der Waals surface area contributed by atoms with E-state index in [1.54, 1.807) is 17.8 Å². The van der Waals surface area contributed by atoms with Crippen LogP contribution in [0.5, 0.6) is 0 Å². The monoisotopic (exact) mass is 426 g/mol. The Balaban J connectivity index is 1.76. The van der Waals surface area contributed by atoms with Crippen molar-refractivity contribution in [1.82, 2.24) is 15.2 Å². The van der Waals surface area contributed by atoms with Crippen LogP contribution in [0, 0.1) is 0 Å². The molecule has 0 aliphatic heterocycles. The van der Waals surface area contributed by atoms with Gasteiger partial charge in [0.05, 0.1) is 16.8 Å². The standard InChI is InChI=1S/C20H15ClN4OS2/c1-2-27-20-25-24-19(28-20)23-18(26)14-11-17(13-8-3-5-9-15(13)21)22-16-10-6-4-7-12(14)16/h3-11H,2H2,1H3,(H,23,24,26). The van der Waals surface area contributed by atoms with E-state index in [0.29, 0.717) is 21.4 Å². The van der Waals surface area contributed by atoms with Crippen molar-refractivity contribution in [2.45, 2.75) is 11.3 Å². The number of fused-ring (bicyclic) bond motifs is 1. The molecular formula is C20H15ClN4OS2. The minimum atomic E-state index is -0.254. The first-order chi connectivity index (χ1) is 13.7. The van der Waals surface area contributed by atoms with Crippen molar-refractivity contribution in [3.05, 3.63) is 65.2 Å². The highest BCUT2D eigenvalue weighted by Crippen LogP contribution is 2.31. The van der Waals surface area contributed by atoms with E-state index >= 15 is 0 Å².